The van der Waals surface area contributed by atoms with Gasteiger partial charge in [-0.25, -0.2) is 0 Å². The van der Waals surface area contributed by atoms with Gasteiger partial charge in [-0.2, -0.15) is 0 Å². The van der Waals surface area contributed by atoms with E-state index < -0.39 is 0 Å². The van der Waals surface area contributed by atoms with Gasteiger partial charge in [-0.05, 0) is 26.2 Å². The second kappa shape index (κ2) is 7.22. The Morgan fingerprint density at radius 1 is 1.05 bits per heavy atom. The van der Waals surface area contributed by atoms with Crippen molar-refractivity contribution in [2.45, 2.75) is 32.2 Å². The van der Waals surface area contributed by atoms with Crippen molar-refractivity contribution in [2.75, 3.05) is 52.4 Å². The molecule has 0 aliphatic carbocycles. The maximum atomic E-state index is 12.5. The van der Waals surface area contributed by atoms with E-state index in [9.17, 15) is 4.79 Å². The summed E-state index contributed by atoms with van der Waals surface area (Å²) >= 11 is 0. The molecule has 0 aromatic heterocycles. The predicted molar refractivity (Wildman–Crippen MR) is 77.0 cm³/mol. The number of carbonyl (C=O) groups is 1. The van der Waals surface area contributed by atoms with Gasteiger partial charge in [0.15, 0.2) is 0 Å². The minimum Gasteiger partial charge on any atom is -0.341 e. The average Bonchev–Trinajstić information content (AvgIpc) is 2.48. The molecule has 0 aromatic rings. The lowest BCUT2D eigenvalue weighted by molar-refractivity contribution is -0.138. The molecule has 1 atom stereocenters. The zero-order chi connectivity index (χ0) is 13.7. The third kappa shape index (κ3) is 3.91. The van der Waals surface area contributed by atoms with E-state index in [1.54, 1.807) is 0 Å². The van der Waals surface area contributed by atoms with Gasteiger partial charge in [-0.3, -0.25) is 14.6 Å². The molecule has 0 saturated carbocycles. The lowest BCUT2D eigenvalue weighted by atomic mass is 10.1. The highest BCUT2D eigenvalue weighted by Crippen LogP contribution is 2.13. The quantitative estimate of drug-likeness (QED) is 0.777. The number of piperidine rings is 1. The topological polar surface area (TPSA) is 52.8 Å². The van der Waals surface area contributed by atoms with Gasteiger partial charge in [0.1, 0.15) is 0 Å². The molecule has 2 N–H and O–H groups in total. The minimum atomic E-state index is 0.0399. The van der Waals surface area contributed by atoms with E-state index in [1.165, 1.54) is 19.3 Å². The van der Waals surface area contributed by atoms with Crippen LogP contribution in [0.5, 0.6) is 0 Å². The summed E-state index contributed by atoms with van der Waals surface area (Å²) < 4.78 is 0. The molecule has 0 bridgehead atoms. The molecule has 5 heteroatoms. The fourth-order valence-electron chi connectivity index (χ4n) is 3.09. The molecule has 2 rings (SSSR count). The second-order valence-electron chi connectivity index (χ2n) is 5.73. The summed E-state index contributed by atoms with van der Waals surface area (Å²) in [5, 5.41) is 0. The van der Waals surface area contributed by atoms with Crippen molar-refractivity contribution >= 4 is 5.91 Å². The standard InChI is InChI=1S/C14H28N4O/c1-13(14(19)18-6-3-2-4-7-18)17-11-9-16(8-5-15)10-12-17/h13H,2-12,15H2,1H3. The van der Waals surface area contributed by atoms with Crippen molar-refractivity contribution in [1.29, 1.82) is 0 Å². The molecule has 19 heavy (non-hydrogen) atoms. The van der Waals surface area contributed by atoms with Gasteiger partial charge < -0.3 is 10.6 Å². The van der Waals surface area contributed by atoms with Crippen LogP contribution in [-0.4, -0.2) is 79.0 Å². The maximum Gasteiger partial charge on any atom is 0.239 e. The van der Waals surface area contributed by atoms with Gasteiger partial charge >= 0.3 is 0 Å². The van der Waals surface area contributed by atoms with Crippen LogP contribution < -0.4 is 5.73 Å². The number of hydrogen-bond acceptors (Lipinski definition) is 4. The average molecular weight is 268 g/mol. The fourth-order valence-corrected chi connectivity index (χ4v) is 3.09. The molecular formula is C14H28N4O. The Hall–Kier alpha value is -0.650. The summed E-state index contributed by atoms with van der Waals surface area (Å²) in [7, 11) is 0. The second-order valence-corrected chi connectivity index (χ2v) is 5.73. The Bertz CT molecular complexity index is 283. The summed E-state index contributed by atoms with van der Waals surface area (Å²) in [4.78, 5) is 19.2. The molecule has 0 aromatic carbocycles. The molecule has 2 aliphatic rings. The highest BCUT2D eigenvalue weighted by Gasteiger charge is 2.28. The van der Waals surface area contributed by atoms with Gasteiger partial charge in [0.05, 0.1) is 6.04 Å². The van der Waals surface area contributed by atoms with Crippen molar-refractivity contribution in [3.05, 3.63) is 0 Å². The summed E-state index contributed by atoms with van der Waals surface area (Å²) in [6.45, 7) is 9.72. The van der Waals surface area contributed by atoms with E-state index in [4.69, 9.17) is 5.73 Å². The zero-order valence-electron chi connectivity index (χ0n) is 12.2. The van der Waals surface area contributed by atoms with E-state index in [0.717, 1.165) is 52.4 Å². The Labute approximate surface area is 116 Å². The van der Waals surface area contributed by atoms with E-state index in [0.29, 0.717) is 5.91 Å². The van der Waals surface area contributed by atoms with Crippen molar-refractivity contribution < 1.29 is 4.79 Å². The lowest BCUT2D eigenvalue weighted by Crippen LogP contribution is -2.55. The molecular weight excluding hydrogens is 240 g/mol. The number of likely N-dealkylation sites (tertiary alicyclic amines) is 1. The molecule has 2 aliphatic heterocycles. The fraction of sp³-hybridized carbons (Fsp3) is 0.929. The Balaban J connectivity index is 1.79. The normalized spacial score (nSPS) is 24.4. The van der Waals surface area contributed by atoms with Crippen LogP contribution >= 0.6 is 0 Å². The minimum absolute atomic E-state index is 0.0399. The van der Waals surface area contributed by atoms with E-state index in [-0.39, 0.29) is 6.04 Å². The molecule has 110 valence electrons. The molecule has 0 radical (unpaired) electrons. The number of carbonyl (C=O) groups excluding carboxylic acids is 1. The highest BCUT2D eigenvalue weighted by atomic mass is 16.2. The van der Waals surface area contributed by atoms with E-state index >= 15 is 0 Å². The Kier molecular flexibility index (Phi) is 5.60. The summed E-state index contributed by atoms with van der Waals surface area (Å²) in [6.07, 6.45) is 3.61. The molecule has 2 saturated heterocycles. The van der Waals surface area contributed by atoms with Gasteiger partial charge in [0.2, 0.25) is 5.91 Å². The lowest BCUT2D eigenvalue weighted by Gasteiger charge is -2.39. The van der Waals surface area contributed by atoms with Gasteiger partial charge in [-0.1, -0.05) is 0 Å². The first-order valence-corrected chi connectivity index (χ1v) is 7.67. The third-order valence-corrected chi connectivity index (χ3v) is 4.43. The van der Waals surface area contributed by atoms with Crippen LogP contribution in [-0.2, 0) is 4.79 Å². The number of nitrogens with two attached hydrogens (primary N) is 1. The van der Waals surface area contributed by atoms with Crippen LogP contribution in [0, 0.1) is 0 Å². The Morgan fingerprint density at radius 3 is 2.26 bits per heavy atom. The molecule has 0 spiro atoms. The number of piperazine rings is 1. The first kappa shape index (κ1) is 14.8. The van der Waals surface area contributed by atoms with Crippen LogP contribution in [0.4, 0.5) is 0 Å². The van der Waals surface area contributed by atoms with Crippen molar-refractivity contribution in [3.63, 3.8) is 0 Å². The van der Waals surface area contributed by atoms with Crippen molar-refractivity contribution in [2.24, 2.45) is 5.73 Å². The van der Waals surface area contributed by atoms with Crippen LogP contribution in [0.2, 0.25) is 0 Å². The van der Waals surface area contributed by atoms with Gasteiger partial charge in [0.25, 0.3) is 0 Å². The van der Waals surface area contributed by atoms with Gasteiger partial charge in [0, 0.05) is 52.4 Å². The largest absolute Gasteiger partial charge is 0.341 e. The van der Waals surface area contributed by atoms with Crippen molar-refractivity contribution in [1.82, 2.24) is 14.7 Å². The first-order chi connectivity index (χ1) is 9.22. The molecule has 5 nitrogen and oxygen atoms in total. The summed E-state index contributed by atoms with van der Waals surface area (Å²) in [5.74, 6) is 0.326. The predicted octanol–water partition coefficient (Wildman–Crippen LogP) is -0.0363. The number of rotatable bonds is 4. The van der Waals surface area contributed by atoms with Crippen molar-refractivity contribution in [3.8, 4) is 0 Å². The van der Waals surface area contributed by atoms with Crippen LogP contribution in [0.1, 0.15) is 26.2 Å². The SMILES string of the molecule is CC(C(=O)N1CCCCC1)N1CCN(CCN)CC1. The molecule has 2 heterocycles. The number of nitrogens with zero attached hydrogens (tertiary/aromatic N) is 3. The summed E-state index contributed by atoms with van der Waals surface area (Å²) in [6, 6.07) is 0.0399. The first-order valence-electron chi connectivity index (χ1n) is 7.67. The third-order valence-electron chi connectivity index (χ3n) is 4.43. The van der Waals surface area contributed by atoms with Gasteiger partial charge in [-0.15, -0.1) is 0 Å². The monoisotopic (exact) mass is 268 g/mol. The molecule has 1 unspecified atom stereocenters. The van der Waals surface area contributed by atoms with Crippen LogP contribution in [0.3, 0.4) is 0 Å². The maximum absolute atomic E-state index is 12.5. The molecule has 1 amide bonds. The smallest absolute Gasteiger partial charge is 0.239 e. The number of hydrogen-bond donors (Lipinski definition) is 1. The highest BCUT2D eigenvalue weighted by molar-refractivity contribution is 5.81. The zero-order valence-corrected chi connectivity index (χ0v) is 12.2. The van der Waals surface area contributed by atoms with E-state index in [2.05, 4.69) is 21.6 Å². The number of amides is 1. The van der Waals surface area contributed by atoms with E-state index in [1.807, 2.05) is 0 Å². The molecule has 2 fully saturated rings. The Morgan fingerprint density at radius 2 is 1.68 bits per heavy atom. The van der Waals surface area contributed by atoms with Crippen LogP contribution in [0.25, 0.3) is 0 Å². The van der Waals surface area contributed by atoms with Crippen LogP contribution in [0.15, 0.2) is 0 Å². The summed E-state index contributed by atoms with van der Waals surface area (Å²) in [5.41, 5.74) is 5.58.